The van der Waals surface area contributed by atoms with Crippen LogP contribution in [0.25, 0.3) is 0 Å². The molecule has 0 heterocycles. The average Bonchev–Trinajstić information content (AvgIpc) is 2.78. The Bertz CT molecular complexity index is 432. The van der Waals surface area contributed by atoms with Gasteiger partial charge in [0.25, 0.3) is 0 Å². The maximum atomic E-state index is 13.0. The van der Waals surface area contributed by atoms with Crippen molar-refractivity contribution in [2.24, 2.45) is 34.3 Å². The van der Waals surface area contributed by atoms with Gasteiger partial charge in [-0.1, -0.05) is 13.3 Å². The van der Waals surface area contributed by atoms with Crippen LogP contribution >= 0.6 is 0 Å². The highest BCUT2D eigenvalue weighted by Crippen LogP contribution is 2.65. The second kappa shape index (κ2) is 4.71. The Morgan fingerprint density at radius 3 is 2.48 bits per heavy atom. The van der Waals surface area contributed by atoms with E-state index in [1.807, 2.05) is 0 Å². The van der Waals surface area contributed by atoms with Crippen LogP contribution in [0.3, 0.4) is 0 Å². The summed E-state index contributed by atoms with van der Waals surface area (Å²) in [4.78, 5) is 13.0. The molecule has 0 aromatic carbocycles. The van der Waals surface area contributed by atoms with Gasteiger partial charge in [0.05, 0.1) is 5.41 Å². The molecule has 4 atom stereocenters. The van der Waals surface area contributed by atoms with Gasteiger partial charge in [-0.2, -0.15) is 0 Å². The molecule has 5 rings (SSSR count). The molecule has 0 aromatic heterocycles. The Kier molecular flexibility index (Phi) is 3.15. The lowest BCUT2D eigenvalue weighted by molar-refractivity contribution is -0.155. The van der Waals surface area contributed by atoms with Crippen molar-refractivity contribution in [2.45, 2.75) is 70.8 Å². The Balaban J connectivity index is 1.44. The molecule has 0 aliphatic heterocycles. The Labute approximate surface area is 128 Å². The zero-order valence-electron chi connectivity index (χ0n) is 13.4. The molecule has 0 aromatic rings. The van der Waals surface area contributed by atoms with Crippen molar-refractivity contribution in [1.29, 1.82) is 0 Å². The van der Waals surface area contributed by atoms with E-state index in [4.69, 9.17) is 5.73 Å². The second-order valence-corrected chi connectivity index (χ2v) is 9.12. The zero-order valence-corrected chi connectivity index (χ0v) is 13.4. The Hall–Kier alpha value is -0.570. The minimum absolute atomic E-state index is 0.0263. The van der Waals surface area contributed by atoms with Gasteiger partial charge in [0.15, 0.2) is 0 Å². The van der Waals surface area contributed by atoms with E-state index in [-0.39, 0.29) is 5.41 Å². The summed E-state index contributed by atoms with van der Waals surface area (Å²) in [5.74, 6) is 2.51. The molecule has 1 amide bonds. The lowest BCUT2D eigenvalue weighted by Gasteiger charge is -2.60. The van der Waals surface area contributed by atoms with Gasteiger partial charge in [-0.3, -0.25) is 4.79 Å². The molecule has 3 N–H and O–H groups in total. The molecule has 5 aliphatic carbocycles. The first-order chi connectivity index (χ1) is 9.98. The number of nitrogens with two attached hydrogens (primary N) is 1. The predicted octanol–water partition coefficient (Wildman–Crippen LogP) is 2.84. The van der Waals surface area contributed by atoms with E-state index in [1.165, 1.54) is 32.1 Å². The SMILES string of the molecule is CC12CC3CC(C1)CC(C(=O)NCC1CCCC1N)(C3)C2. The molecular formula is C18H30N2O. The number of carbonyl (C=O) groups excluding carboxylic acids is 1. The van der Waals surface area contributed by atoms with Crippen molar-refractivity contribution in [3.05, 3.63) is 0 Å². The van der Waals surface area contributed by atoms with Crippen molar-refractivity contribution >= 4 is 5.91 Å². The quantitative estimate of drug-likeness (QED) is 0.840. The fraction of sp³-hybridized carbons (Fsp3) is 0.944. The summed E-state index contributed by atoms with van der Waals surface area (Å²) in [5.41, 5.74) is 6.56. The fourth-order valence-electron chi connectivity index (χ4n) is 6.72. The van der Waals surface area contributed by atoms with Gasteiger partial charge in [-0.25, -0.2) is 0 Å². The Morgan fingerprint density at radius 2 is 1.90 bits per heavy atom. The van der Waals surface area contributed by atoms with Crippen LogP contribution in [0.2, 0.25) is 0 Å². The molecule has 4 bridgehead atoms. The van der Waals surface area contributed by atoms with E-state index in [9.17, 15) is 4.79 Å². The lowest BCUT2D eigenvalue weighted by Crippen LogP contribution is -2.57. The van der Waals surface area contributed by atoms with Crippen LogP contribution in [-0.4, -0.2) is 18.5 Å². The third-order valence-corrected chi connectivity index (χ3v) is 7.08. The van der Waals surface area contributed by atoms with Gasteiger partial charge in [0.2, 0.25) is 5.91 Å². The van der Waals surface area contributed by atoms with Crippen LogP contribution < -0.4 is 11.1 Å². The summed E-state index contributed by atoms with van der Waals surface area (Å²) in [7, 11) is 0. The first kappa shape index (κ1) is 14.0. The second-order valence-electron chi connectivity index (χ2n) is 9.12. The van der Waals surface area contributed by atoms with Crippen molar-refractivity contribution in [3.63, 3.8) is 0 Å². The normalized spacial score (nSPS) is 51.3. The van der Waals surface area contributed by atoms with Crippen LogP contribution in [0.15, 0.2) is 0 Å². The minimum atomic E-state index is -0.0263. The first-order valence-corrected chi connectivity index (χ1v) is 9.02. The van der Waals surface area contributed by atoms with Gasteiger partial charge in [0.1, 0.15) is 0 Å². The number of amides is 1. The molecule has 5 saturated carbocycles. The topological polar surface area (TPSA) is 55.1 Å². The number of rotatable bonds is 3. The molecule has 0 radical (unpaired) electrons. The fourth-order valence-corrected chi connectivity index (χ4v) is 6.72. The maximum absolute atomic E-state index is 13.0. The Morgan fingerprint density at radius 1 is 1.19 bits per heavy atom. The summed E-state index contributed by atoms with van der Waals surface area (Å²) < 4.78 is 0. The van der Waals surface area contributed by atoms with Gasteiger partial charge in [0, 0.05) is 12.6 Å². The van der Waals surface area contributed by atoms with Gasteiger partial charge < -0.3 is 11.1 Å². The highest BCUT2D eigenvalue weighted by atomic mass is 16.2. The zero-order chi connectivity index (χ0) is 14.7. The molecule has 0 spiro atoms. The van der Waals surface area contributed by atoms with E-state index >= 15 is 0 Å². The van der Waals surface area contributed by atoms with Gasteiger partial charge in [-0.15, -0.1) is 0 Å². The molecule has 3 heteroatoms. The summed E-state index contributed by atoms with van der Waals surface area (Å²) in [5, 5.41) is 3.31. The monoisotopic (exact) mass is 290 g/mol. The number of hydrogen-bond donors (Lipinski definition) is 2. The summed E-state index contributed by atoms with van der Waals surface area (Å²) in [6.45, 7) is 3.24. The number of carbonyl (C=O) groups is 1. The largest absolute Gasteiger partial charge is 0.355 e. The molecule has 0 saturated heterocycles. The van der Waals surface area contributed by atoms with E-state index in [0.29, 0.717) is 23.3 Å². The molecular weight excluding hydrogens is 260 g/mol. The summed E-state index contributed by atoms with van der Waals surface area (Å²) >= 11 is 0. The molecule has 5 fully saturated rings. The van der Waals surface area contributed by atoms with Crippen LogP contribution in [-0.2, 0) is 4.79 Å². The van der Waals surface area contributed by atoms with Crippen LogP contribution in [0.1, 0.15) is 64.7 Å². The smallest absolute Gasteiger partial charge is 0.226 e. The van der Waals surface area contributed by atoms with E-state index in [0.717, 1.165) is 44.1 Å². The molecule has 118 valence electrons. The van der Waals surface area contributed by atoms with E-state index in [1.54, 1.807) is 0 Å². The molecule has 3 nitrogen and oxygen atoms in total. The molecule has 4 unspecified atom stereocenters. The summed E-state index contributed by atoms with van der Waals surface area (Å²) in [6, 6.07) is 0.305. The van der Waals surface area contributed by atoms with Gasteiger partial charge in [-0.05, 0) is 74.5 Å². The van der Waals surface area contributed by atoms with Crippen molar-refractivity contribution < 1.29 is 4.79 Å². The van der Waals surface area contributed by atoms with Gasteiger partial charge >= 0.3 is 0 Å². The van der Waals surface area contributed by atoms with E-state index < -0.39 is 0 Å². The molecule has 21 heavy (non-hydrogen) atoms. The number of hydrogen-bond acceptors (Lipinski definition) is 2. The van der Waals surface area contributed by atoms with E-state index in [2.05, 4.69) is 12.2 Å². The van der Waals surface area contributed by atoms with Crippen molar-refractivity contribution in [3.8, 4) is 0 Å². The standard InChI is InChI=1S/C18H30N2O/c1-17-6-12-5-13(7-17)9-18(8-12,11-17)16(21)20-10-14-3-2-4-15(14)19/h12-15H,2-11,19H2,1H3,(H,20,21). The first-order valence-electron chi connectivity index (χ1n) is 9.02. The maximum Gasteiger partial charge on any atom is 0.226 e. The summed E-state index contributed by atoms with van der Waals surface area (Å²) in [6.07, 6.45) is 11.1. The minimum Gasteiger partial charge on any atom is -0.355 e. The highest BCUT2D eigenvalue weighted by molar-refractivity contribution is 5.83. The van der Waals surface area contributed by atoms with Crippen LogP contribution in [0, 0.1) is 28.6 Å². The third-order valence-electron chi connectivity index (χ3n) is 7.08. The lowest BCUT2D eigenvalue weighted by atomic mass is 9.44. The molecule has 5 aliphatic rings. The highest BCUT2D eigenvalue weighted by Gasteiger charge is 2.58. The average molecular weight is 290 g/mol. The van der Waals surface area contributed by atoms with Crippen molar-refractivity contribution in [1.82, 2.24) is 5.32 Å². The van der Waals surface area contributed by atoms with Crippen LogP contribution in [0.5, 0.6) is 0 Å². The van der Waals surface area contributed by atoms with Crippen molar-refractivity contribution in [2.75, 3.05) is 6.54 Å². The predicted molar refractivity (Wildman–Crippen MR) is 83.5 cm³/mol. The van der Waals surface area contributed by atoms with Crippen LogP contribution in [0.4, 0.5) is 0 Å². The number of nitrogens with one attached hydrogen (secondary N) is 1. The third kappa shape index (κ3) is 2.32.